The van der Waals surface area contributed by atoms with Crippen molar-refractivity contribution in [2.45, 2.75) is 0 Å². The van der Waals surface area contributed by atoms with Gasteiger partial charge in [0.1, 0.15) is 0 Å². The fraction of sp³-hybridized carbons (Fsp3) is 0. The van der Waals surface area contributed by atoms with Gasteiger partial charge in [0.25, 0.3) is 0 Å². The van der Waals surface area contributed by atoms with E-state index in [4.69, 9.17) is 16.0 Å². The first-order chi connectivity index (χ1) is 6.27. The summed E-state index contributed by atoms with van der Waals surface area (Å²) in [7, 11) is 0. The van der Waals surface area contributed by atoms with Crippen molar-refractivity contribution in [2.24, 2.45) is 0 Å². The molecule has 0 N–H and O–H groups in total. The third-order valence-corrected chi connectivity index (χ3v) is 2.45. The van der Waals surface area contributed by atoms with Crippen LogP contribution in [-0.2, 0) is 0 Å². The van der Waals surface area contributed by atoms with Crippen LogP contribution in [0.25, 0.3) is 11.5 Å². The van der Waals surface area contributed by atoms with Gasteiger partial charge in [-0.15, -0.1) is 0 Å². The summed E-state index contributed by atoms with van der Waals surface area (Å²) in [6.45, 7) is 0. The third kappa shape index (κ3) is 1.76. The molecule has 13 heavy (non-hydrogen) atoms. The zero-order valence-electron chi connectivity index (χ0n) is 6.50. The SMILES string of the molecule is Clc1cnc(-c2ccccc2Br)o1. The Morgan fingerprint density at radius 1 is 1.31 bits per heavy atom. The second kappa shape index (κ2) is 3.52. The molecule has 0 unspecified atom stereocenters. The Kier molecular flexibility index (Phi) is 2.38. The molecule has 66 valence electrons. The van der Waals surface area contributed by atoms with Crippen LogP contribution < -0.4 is 0 Å². The molecule has 2 nitrogen and oxygen atoms in total. The molecule has 0 amide bonds. The maximum absolute atomic E-state index is 5.62. The summed E-state index contributed by atoms with van der Waals surface area (Å²) in [5, 5.41) is 0.297. The van der Waals surface area contributed by atoms with Crippen molar-refractivity contribution in [1.82, 2.24) is 4.98 Å². The largest absolute Gasteiger partial charge is 0.425 e. The Bertz CT molecular complexity index is 427. The predicted molar refractivity (Wildman–Crippen MR) is 54.6 cm³/mol. The van der Waals surface area contributed by atoms with E-state index in [2.05, 4.69) is 20.9 Å². The maximum Gasteiger partial charge on any atom is 0.229 e. The smallest absolute Gasteiger partial charge is 0.229 e. The van der Waals surface area contributed by atoms with Crippen LogP contribution in [0.1, 0.15) is 0 Å². The lowest BCUT2D eigenvalue weighted by atomic mass is 10.2. The number of oxazole rings is 1. The van der Waals surface area contributed by atoms with Crippen molar-refractivity contribution in [3.63, 3.8) is 0 Å². The Morgan fingerprint density at radius 2 is 2.08 bits per heavy atom. The van der Waals surface area contributed by atoms with E-state index in [1.54, 1.807) is 0 Å². The summed E-state index contributed by atoms with van der Waals surface area (Å²) >= 11 is 9.02. The molecule has 1 aromatic heterocycles. The highest BCUT2D eigenvalue weighted by Crippen LogP contribution is 2.28. The summed E-state index contributed by atoms with van der Waals surface area (Å²) in [5.41, 5.74) is 0.898. The van der Waals surface area contributed by atoms with Gasteiger partial charge in [0, 0.05) is 4.47 Å². The Hall–Kier alpha value is -0.800. The highest BCUT2D eigenvalue weighted by Gasteiger charge is 2.07. The molecule has 0 bridgehead atoms. The molecule has 2 aromatic rings. The minimum Gasteiger partial charge on any atom is -0.425 e. The second-order valence-corrected chi connectivity index (χ2v) is 3.68. The lowest BCUT2D eigenvalue weighted by Crippen LogP contribution is -1.77. The van der Waals surface area contributed by atoms with Crippen molar-refractivity contribution >= 4 is 27.5 Å². The van der Waals surface area contributed by atoms with Crippen LogP contribution in [0.4, 0.5) is 0 Å². The van der Waals surface area contributed by atoms with Crippen molar-refractivity contribution in [3.8, 4) is 11.5 Å². The number of rotatable bonds is 1. The Balaban J connectivity index is 2.52. The van der Waals surface area contributed by atoms with Gasteiger partial charge in [-0.05, 0) is 39.7 Å². The maximum atomic E-state index is 5.62. The molecule has 0 fully saturated rings. The molecule has 1 aromatic carbocycles. The molecular weight excluding hydrogens is 253 g/mol. The van der Waals surface area contributed by atoms with Crippen LogP contribution in [0.2, 0.25) is 5.22 Å². The van der Waals surface area contributed by atoms with Crippen LogP contribution in [0.15, 0.2) is 39.4 Å². The highest BCUT2D eigenvalue weighted by atomic mass is 79.9. The van der Waals surface area contributed by atoms with Crippen LogP contribution in [0, 0.1) is 0 Å². The van der Waals surface area contributed by atoms with E-state index in [9.17, 15) is 0 Å². The topological polar surface area (TPSA) is 26.0 Å². The lowest BCUT2D eigenvalue weighted by Gasteiger charge is -1.97. The Morgan fingerprint density at radius 3 is 2.69 bits per heavy atom. The third-order valence-electron chi connectivity index (χ3n) is 1.58. The van der Waals surface area contributed by atoms with E-state index in [-0.39, 0.29) is 0 Å². The highest BCUT2D eigenvalue weighted by molar-refractivity contribution is 9.10. The summed E-state index contributed by atoms with van der Waals surface area (Å²) in [6, 6.07) is 7.68. The number of aromatic nitrogens is 1. The van der Waals surface area contributed by atoms with Gasteiger partial charge in [0.15, 0.2) is 0 Å². The van der Waals surface area contributed by atoms with Gasteiger partial charge in [-0.25, -0.2) is 4.98 Å². The van der Waals surface area contributed by atoms with Crippen molar-refractivity contribution in [3.05, 3.63) is 40.2 Å². The number of hydrogen-bond donors (Lipinski definition) is 0. The number of hydrogen-bond acceptors (Lipinski definition) is 2. The van der Waals surface area contributed by atoms with Crippen molar-refractivity contribution < 1.29 is 4.42 Å². The predicted octanol–water partition coefficient (Wildman–Crippen LogP) is 3.76. The zero-order valence-corrected chi connectivity index (χ0v) is 8.84. The van der Waals surface area contributed by atoms with E-state index in [0.29, 0.717) is 11.1 Å². The van der Waals surface area contributed by atoms with Crippen LogP contribution in [0.3, 0.4) is 0 Å². The molecule has 0 aliphatic heterocycles. The van der Waals surface area contributed by atoms with E-state index in [1.807, 2.05) is 24.3 Å². The molecule has 1 heterocycles. The molecule has 0 aliphatic rings. The monoisotopic (exact) mass is 257 g/mol. The van der Waals surface area contributed by atoms with E-state index in [0.717, 1.165) is 10.0 Å². The van der Waals surface area contributed by atoms with Crippen molar-refractivity contribution in [1.29, 1.82) is 0 Å². The van der Waals surface area contributed by atoms with Gasteiger partial charge in [0.05, 0.1) is 11.8 Å². The van der Waals surface area contributed by atoms with Gasteiger partial charge in [-0.1, -0.05) is 12.1 Å². The minimum absolute atomic E-state index is 0.297. The van der Waals surface area contributed by atoms with Crippen LogP contribution >= 0.6 is 27.5 Å². The normalized spacial score (nSPS) is 10.3. The lowest BCUT2D eigenvalue weighted by molar-refractivity contribution is 0.576. The summed E-state index contributed by atoms with van der Waals surface area (Å²) in [6.07, 6.45) is 1.48. The number of halogens is 2. The zero-order chi connectivity index (χ0) is 9.26. The molecule has 0 saturated heterocycles. The van der Waals surface area contributed by atoms with Gasteiger partial charge < -0.3 is 4.42 Å². The Labute approximate surface area is 88.7 Å². The van der Waals surface area contributed by atoms with Gasteiger partial charge in [-0.2, -0.15) is 0 Å². The molecular formula is C9H5BrClNO. The molecule has 0 radical (unpaired) electrons. The molecule has 0 saturated carbocycles. The van der Waals surface area contributed by atoms with Crippen molar-refractivity contribution in [2.75, 3.05) is 0 Å². The second-order valence-electron chi connectivity index (χ2n) is 2.45. The van der Waals surface area contributed by atoms with Crippen LogP contribution in [-0.4, -0.2) is 4.98 Å². The van der Waals surface area contributed by atoms with E-state index < -0.39 is 0 Å². The van der Waals surface area contributed by atoms with E-state index >= 15 is 0 Å². The quantitative estimate of drug-likeness (QED) is 0.778. The summed E-state index contributed by atoms with van der Waals surface area (Å²) in [5.74, 6) is 0.525. The molecule has 4 heteroatoms. The van der Waals surface area contributed by atoms with Gasteiger partial charge >= 0.3 is 0 Å². The van der Waals surface area contributed by atoms with Crippen LogP contribution in [0.5, 0.6) is 0 Å². The first kappa shape index (κ1) is 8.78. The number of nitrogens with zero attached hydrogens (tertiary/aromatic N) is 1. The first-order valence-corrected chi connectivity index (χ1v) is 4.81. The molecule has 2 rings (SSSR count). The number of benzene rings is 1. The van der Waals surface area contributed by atoms with Gasteiger partial charge in [-0.3, -0.25) is 0 Å². The average molecular weight is 259 g/mol. The molecule has 0 atom stereocenters. The van der Waals surface area contributed by atoms with Gasteiger partial charge in [0.2, 0.25) is 11.1 Å². The minimum atomic E-state index is 0.297. The summed E-state index contributed by atoms with van der Waals surface area (Å²) < 4.78 is 6.11. The average Bonchev–Trinajstić information content (AvgIpc) is 2.53. The standard InChI is InChI=1S/C9H5BrClNO/c10-7-4-2-1-3-6(7)9-12-5-8(11)13-9/h1-5H. The molecule has 0 spiro atoms. The summed E-state index contributed by atoms with van der Waals surface area (Å²) in [4.78, 5) is 4.02. The first-order valence-electron chi connectivity index (χ1n) is 3.63. The molecule has 0 aliphatic carbocycles. The van der Waals surface area contributed by atoms with E-state index in [1.165, 1.54) is 6.20 Å². The fourth-order valence-electron chi connectivity index (χ4n) is 1.01. The fourth-order valence-corrected chi connectivity index (χ4v) is 1.59.